The van der Waals surface area contributed by atoms with E-state index in [9.17, 15) is 0 Å². The van der Waals surface area contributed by atoms with Crippen LogP contribution in [0.1, 0.15) is 96.9 Å². The third kappa shape index (κ3) is 5.54. The zero-order chi connectivity index (χ0) is 47.2. The first kappa shape index (κ1) is 41.4. The summed E-state index contributed by atoms with van der Waals surface area (Å²) in [6, 6.07) is 81.2. The normalized spacial score (nSPS) is 23.6. The van der Waals surface area contributed by atoms with Crippen LogP contribution in [0, 0.1) is 23.7 Å². The molecule has 3 fully saturated rings. The van der Waals surface area contributed by atoms with E-state index in [0.29, 0.717) is 23.7 Å². The van der Waals surface area contributed by atoms with Crippen molar-refractivity contribution in [3.05, 3.63) is 257 Å². The van der Waals surface area contributed by atoms with Gasteiger partial charge in [-0.2, -0.15) is 0 Å². The fraction of sp³-hybridized carbons (Fsp3) is 0.217. The second-order valence-electron chi connectivity index (χ2n) is 22.5. The molecule has 0 saturated heterocycles. The van der Waals surface area contributed by atoms with Gasteiger partial charge < -0.3 is 9.32 Å². The van der Waals surface area contributed by atoms with Crippen molar-refractivity contribution in [2.24, 2.45) is 23.7 Å². The Morgan fingerprint density at radius 2 is 1.04 bits per heavy atom. The van der Waals surface area contributed by atoms with Gasteiger partial charge in [0.1, 0.15) is 11.2 Å². The number of anilines is 3. The standard InChI is InChI=1S/C69H57NO/c1-43-36-48-38-45-39-49(37-43)69(48)61-35-33-52(42-63(61)68(46-19-6-4-7-20-46,47-21-8-5-9-22-47)60-30-14-11-26-58(60)65(45)69)70(51-32-34-55-54-24-10-13-29-59(54)67(2,3)62(55)41-51)50-23-16-18-44(40-50)53-27-17-28-57-56-25-12-15-31-64(56)71-66(53)57/h4-35,40-43,45,48-49,65H,36-39H2,1-3H3/t43-,45+,48+,49-,65?,69?. The molecule has 1 spiro atoms. The summed E-state index contributed by atoms with van der Waals surface area (Å²) in [6.45, 7) is 7.34. The van der Waals surface area contributed by atoms with E-state index in [0.717, 1.165) is 50.4 Å². The minimum atomic E-state index is -0.574. The van der Waals surface area contributed by atoms with E-state index >= 15 is 0 Å². The summed E-state index contributed by atoms with van der Waals surface area (Å²) in [6.07, 6.45) is 5.27. The molecule has 0 aliphatic heterocycles. The van der Waals surface area contributed by atoms with Gasteiger partial charge in [0, 0.05) is 44.2 Å². The van der Waals surface area contributed by atoms with Gasteiger partial charge in [-0.3, -0.25) is 0 Å². The number of fused-ring (bicyclic) bond motifs is 8. The van der Waals surface area contributed by atoms with Crippen LogP contribution in [0.15, 0.2) is 217 Å². The molecule has 10 aromatic rings. The van der Waals surface area contributed by atoms with Crippen molar-refractivity contribution < 1.29 is 4.42 Å². The maximum absolute atomic E-state index is 6.70. The number of hydrogen-bond donors (Lipinski definition) is 0. The van der Waals surface area contributed by atoms with Crippen LogP contribution in [-0.4, -0.2) is 0 Å². The molecule has 0 radical (unpaired) electrons. The maximum Gasteiger partial charge on any atom is 0.143 e. The van der Waals surface area contributed by atoms with Crippen molar-refractivity contribution in [1.29, 1.82) is 0 Å². The topological polar surface area (TPSA) is 16.4 Å². The van der Waals surface area contributed by atoms with Gasteiger partial charge in [-0.05, 0) is 159 Å². The largest absolute Gasteiger partial charge is 0.455 e. The van der Waals surface area contributed by atoms with Crippen LogP contribution in [0.2, 0.25) is 0 Å². The summed E-state index contributed by atoms with van der Waals surface area (Å²) in [5.41, 5.74) is 21.0. The van der Waals surface area contributed by atoms with Gasteiger partial charge in [0.2, 0.25) is 0 Å². The Bertz CT molecular complexity index is 3710. The van der Waals surface area contributed by atoms with Gasteiger partial charge in [-0.15, -0.1) is 0 Å². The summed E-state index contributed by atoms with van der Waals surface area (Å²) in [5, 5.41) is 2.29. The molecule has 3 saturated carbocycles. The molecule has 9 aromatic carbocycles. The molecule has 2 unspecified atom stereocenters. The van der Waals surface area contributed by atoms with Crippen molar-refractivity contribution in [2.75, 3.05) is 4.90 Å². The fourth-order valence-electron chi connectivity index (χ4n) is 16.3. The fourth-order valence-corrected chi connectivity index (χ4v) is 16.3. The van der Waals surface area contributed by atoms with E-state index in [-0.39, 0.29) is 10.8 Å². The lowest BCUT2D eigenvalue weighted by atomic mass is 9.53. The zero-order valence-electron chi connectivity index (χ0n) is 40.8. The van der Waals surface area contributed by atoms with Crippen molar-refractivity contribution in [2.45, 2.75) is 68.6 Å². The average Bonchev–Trinajstić information content (AvgIpc) is 4.12. The number of nitrogens with zero attached hydrogens (tertiary/aromatic N) is 1. The van der Waals surface area contributed by atoms with Gasteiger partial charge in [0.05, 0.1) is 5.41 Å². The van der Waals surface area contributed by atoms with Crippen molar-refractivity contribution in [1.82, 2.24) is 0 Å². The van der Waals surface area contributed by atoms with Crippen LogP contribution in [-0.2, 0) is 16.2 Å². The van der Waals surface area contributed by atoms with E-state index in [1.54, 1.807) is 11.1 Å². The molecule has 0 N–H and O–H groups in total. The second kappa shape index (κ2) is 15.0. The second-order valence-corrected chi connectivity index (χ2v) is 22.5. The molecule has 2 bridgehead atoms. The molecule has 344 valence electrons. The van der Waals surface area contributed by atoms with E-state index in [1.165, 1.54) is 75.9 Å². The highest BCUT2D eigenvalue weighted by Gasteiger charge is 2.69. The molecular formula is C69H57NO. The monoisotopic (exact) mass is 915 g/mol. The Kier molecular flexibility index (Phi) is 8.77. The van der Waals surface area contributed by atoms with E-state index in [2.05, 4.69) is 238 Å². The van der Waals surface area contributed by atoms with Crippen LogP contribution in [0.3, 0.4) is 0 Å². The third-order valence-corrected chi connectivity index (χ3v) is 18.8. The van der Waals surface area contributed by atoms with Gasteiger partial charge >= 0.3 is 0 Å². The number of furan rings is 1. The molecule has 71 heavy (non-hydrogen) atoms. The van der Waals surface area contributed by atoms with Crippen molar-refractivity contribution in [3.63, 3.8) is 0 Å². The lowest BCUT2D eigenvalue weighted by molar-refractivity contribution is 0.0823. The Hall–Kier alpha value is -7.42. The minimum absolute atomic E-state index is 0.0613. The first-order valence-corrected chi connectivity index (χ1v) is 26.3. The van der Waals surface area contributed by atoms with E-state index in [4.69, 9.17) is 4.42 Å². The number of rotatable bonds is 6. The third-order valence-electron chi connectivity index (χ3n) is 18.8. The summed E-state index contributed by atoms with van der Waals surface area (Å²) >= 11 is 0. The van der Waals surface area contributed by atoms with E-state index in [1.807, 2.05) is 0 Å². The average molecular weight is 916 g/mol. The van der Waals surface area contributed by atoms with Crippen LogP contribution in [0.5, 0.6) is 0 Å². The Morgan fingerprint density at radius 1 is 0.451 bits per heavy atom. The molecule has 2 nitrogen and oxygen atoms in total. The lowest BCUT2D eigenvalue weighted by Crippen LogP contribution is -2.46. The first-order valence-electron chi connectivity index (χ1n) is 26.3. The number of hydrogen-bond acceptors (Lipinski definition) is 2. The molecule has 5 aliphatic carbocycles. The molecular weight excluding hydrogens is 859 g/mol. The van der Waals surface area contributed by atoms with Crippen LogP contribution in [0.25, 0.3) is 44.2 Å². The predicted octanol–water partition coefficient (Wildman–Crippen LogP) is 17.8. The summed E-state index contributed by atoms with van der Waals surface area (Å²) < 4.78 is 6.70. The summed E-state index contributed by atoms with van der Waals surface area (Å²) in [5.74, 6) is 3.20. The highest BCUT2D eigenvalue weighted by molar-refractivity contribution is 6.09. The van der Waals surface area contributed by atoms with Crippen molar-refractivity contribution in [3.8, 4) is 22.3 Å². The highest BCUT2D eigenvalue weighted by atomic mass is 16.3. The minimum Gasteiger partial charge on any atom is -0.455 e. The van der Waals surface area contributed by atoms with Crippen molar-refractivity contribution >= 4 is 39.0 Å². The molecule has 5 aliphatic rings. The molecule has 1 heterocycles. The van der Waals surface area contributed by atoms with Gasteiger partial charge in [-0.1, -0.05) is 191 Å². The quantitative estimate of drug-likeness (QED) is 0.165. The SMILES string of the molecule is C[C@H]1C[C@@H]2C[C@@H]3C[C@H](C1)C21c2ccc(N(c4cccc(-c5cccc6c5oc5ccccc56)c4)c4ccc5c(c4)C(C)(C)c4ccccc4-5)cc2C(c2ccccc2)(c2ccccc2)c2ccccc2C31. The summed E-state index contributed by atoms with van der Waals surface area (Å²) in [7, 11) is 0. The maximum atomic E-state index is 6.70. The molecule has 1 aromatic heterocycles. The van der Waals surface area contributed by atoms with Gasteiger partial charge in [-0.25, -0.2) is 0 Å². The van der Waals surface area contributed by atoms with Crippen LogP contribution >= 0.6 is 0 Å². The molecule has 0 amide bonds. The summed E-state index contributed by atoms with van der Waals surface area (Å²) in [4.78, 5) is 2.57. The number of benzene rings is 9. The molecule has 15 rings (SSSR count). The molecule has 6 atom stereocenters. The van der Waals surface area contributed by atoms with Gasteiger partial charge in [0.25, 0.3) is 0 Å². The van der Waals surface area contributed by atoms with E-state index < -0.39 is 5.41 Å². The zero-order valence-corrected chi connectivity index (χ0v) is 40.8. The lowest BCUT2D eigenvalue weighted by Gasteiger charge is -2.51. The van der Waals surface area contributed by atoms with Gasteiger partial charge in [0.15, 0.2) is 0 Å². The highest BCUT2D eigenvalue weighted by Crippen LogP contribution is 2.76. The molecule has 2 heteroatoms. The van der Waals surface area contributed by atoms with Crippen LogP contribution < -0.4 is 4.90 Å². The van der Waals surface area contributed by atoms with Crippen LogP contribution in [0.4, 0.5) is 17.1 Å². The Labute approximate surface area is 417 Å². The Balaban J connectivity index is 1.03. The smallest absolute Gasteiger partial charge is 0.143 e. The predicted molar refractivity (Wildman–Crippen MR) is 292 cm³/mol. The number of para-hydroxylation sites is 2. The Morgan fingerprint density at radius 3 is 1.82 bits per heavy atom. The first-order chi connectivity index (χ1) is 34.8.